The van der Waals surface area contributed by atoms with Gasteiger partial charge in [-0.15, -0.1) is 0 Å². The van der Waals surface area contributed by atoms with Crippen molar-refractivity contribution < 1.29 is 41.9 Å². The van der Waals surface area contributed by atoms with Crippen molar-refractivity contribution in [2.24, 2.45) is 0 Å². The van der Waals surface area contributed by atoms with Gasteiger partial charge in [-0.3, -0.25) is 0 Å². The van der Waals surface area contributed by atoms with Crippen molar-refractivity contribution in [3.8, 4) is 0 Å². The first-order valence-corrected chi connectivity index (χ1v) is 6.35. The molecule has 1 saturated carbocycles. The Labute approximate surface area is 130 Å². The van der Waals surface area contributed by atoms with Gasteiger partial charge in [0.2, 0.25) is 0 Å². The third kappa shape index (κ3) is 9.58. The SMILES string of the molecule is CCCNC1CCCCC1NCCC.[Cl-].[Cl-].[Cu+2]. The summed E-state index contributed by atoms with van der Waals surface area (Å²) in [5.41, 5.74) is 0. The summed E-state index contributed by atoms with van der Waals surface area (Å²) in [4.78, 5) is 0. The molecule has 0 spiro atoms. The molecular formula is C12H26Cl2CuN2. The molecule has 0 bridgehead atoms. The first-order chi connectivity index (χ1) is 6.88. The summed E-state index contributed by atoms with van der Waals surface area (Å²) in [6.07, 6.45) is 8.04. The summed E-state index contributed by atoms with van der Waals surface area (Å²) in [6, 6.07) is 1.46. The Balaban J connectivity index is -0.000000653. The molecule has 1 fully saturated rings. The molecule has 1 aliphatic rings. The molecule has 0 aromatic carbocycles. The van der Waals surface area contributed by atoms with Gasteiger partial charge in [0.1, 0.15) is 0 Å². The van der Waals surface area contributed by atoms with Crippen molar-refractivity contribution in [3.05, 3.63) is 0 Å². The van der Waals surface area contributed by atoms with E-state index in [0.717, 1.165) is 12.1 Å². The fourth-order valence-electron chi connectivity index (χ4n) is 2.28. The van der Waals surface area contributed by atoms with Gasteiger partial charge < -0.3 is 35.4 Å². The van der Waals surface area contributed by atoms with E-state index in [1.54, 1.807) is 0 Å². The summed E-state index contributed by atoms with van der Waals surface area (Å²) in [7, 11) is 0. The fourth-order valence-corrected chi connectivity index (χ4v) is 2.28. The van der Waals surface area contributed by atoms with Gasteiger partial charge in [0.25, 0.3) is 0 Å². The average molecular weight is 333 g/mol. The van der Waals surface area contributed by atoms with Crippen LogP contribution in [-0.4, -0.2) is 25.2 Å². The normalized spacial score (nSPS) is 22.9. The molecule has 5 heteroatoms. The van der Waals surface area contributed by atoms with Gasteiger partial charge >= 0.3 is 17.1 Å². The van der Waals surface area contributed by atoms with E-state index in [-0.39, 0.29) is 41.9 Å². The van der Waals surface area contributed by atoms with E-state index < -0.39 is 0 Å². The maximum Gasteiger partial charge on any atom is 2.00 e. The van der Waals surface area contributed by atoms with Crippen LogP contribution in [0.4, 0.5) is 0 Å². The Bertz CT molecular complexity index is 134. The Hall–Kier alpha value is 1.02. The van der Waals surface area contributed by atoms with Crippen LogP contribution in [0.2, 0.25) is 0 Å². The molecule has 0 aromatic heterocycles. The second-order valence-electron chi connectivity index (χ2n) is 4.41. The van der Waals surface area contributed by atoms with Crippen molar-refractivity contribution >= 4 is 0 Å². The third-order valence-corrected chi connectivity index (χ3v) is 3.08. The van der Waals surface area contributed by atoms with Crippen molar-refractivity contribution in [3.63, 3.8) is 0 Å². The molecule has 1 radical (unpaired) electrons. The monoisotopic (exact) mass is 331 g/mol. The minimum atomic E-state index is 0. The van der Waals surface area contributed by atoms with Crippen molar-refractivity contribution in [1.82, 2.24) is 10.6 Å². The van der Waals surface area contributed by atoms with E-state index >= 15 is 0 Å². The maximum atomic E-state index is 3.67. The standard InChI is InChI=1S/C12H26N2.2ClH.Cu/c1-3-9-13-11-7-5-6-8-12(11)14-10-4-2;;;/h11-14H,3-10H2,1-2H3;2*1H;/q;;;+2/p-2. The summed E-state index contributed by atoms with van der Waals surface area (Å²) in [5, 5.41) is 7.34. The van der Waals surface area contributed by atoms with Crippen molar-refractivity contribution in [2.75, 3.05) is 13.1 Å². The smallest absolute Gasteiger partial charge is 1.00 e. The third-order valence-electron chi connectivity index (χ3n) is 3.08. The van der Waals surface area contributed by atoms with Crippen molar-refractivity contribution in [1.29, 1.82) is 0 Å². The molecule has 0 amide bonds. The molecule has 0 aliphatic heterocycles. The second-order valence-corrected chi connectivity index (χ2v) is 4.41. The summed E-state index contributed by atoms with van der Waals surface area (Å²) in [5.74, 6) is 0. The molecule has 0 aromatic rings. The van der Waals surface area contributed by atoms with Crippen LogP contribution < -0.4 is 35.4 Å². The zero-order valence-corrected chi connectivity index (χ0v) is 13.3. The van der Waals surface area contributed by atoms with Gasteiger partial charge in [-0.05, 0) is 38.8 Å². The summed E-state index contributed by atoms with van der Waals surface area (Å²) in [6.45, 7) is 6.83. The van der Waals surface area contributed by atoms with Crippen molar-refractivity contribution in [2.45, 2.75) is 64.5 Å². The van der Waals surface area contributed by atoms with Gasteiger partial charge in [0.05, 0.1) is 0 Å². The quantitative estimate of drug-likeness (QED) is 0.489. The number of rotatable bonds is 6. The predicted molar refractivity (Wildman–Crippen MR) is 62.6 cm³/mol. The topological polar surface area (TPSA) is 24.1 Å². The maximum absolute atomic E-state index is 3.67. The van der Waals surface area contributed by atoms with Crippen LogP contribution >= 0.6 is 0 Å². The van der Waals surface area contributed by atoms with E-state index in [2.05, 4.69) is 24.5 Å². The van der Waals surface area contributed by atoms with Gasteiger partial charge in [0.15, 0.2) is 0 Å². The van der Waals surface area contributed by atoms with Gasteiger partial charge in [-0.1, -0.05) is 26.7 Å². The van der Waals surface area contributed by atoms with E-state index in [1.807, 2.05) is 0 Å². The predicted octanol–water partition coefficient (Wildman–Crippen LogP) is -3.70. The Morgan fingerprint density at radius 1 is 0.824 bits per heavy atom. The van der Waals surface area contributed by atoms with Crippen LogP contribution in [0.15, 0.2) is 0 Å². The molecule has 2 atom stereocenters. The van der Waals surface area contributed by atoms with Gasteiger partial charge in [-0.2, -0.15) is 0 Å². The number of nitrogens with one attached hydrogen (secondary N) is 2. The van der Waals surface area contributed by atoms with E-state index in [1.165, 1.54) is 51.6 Å². The van der Waals surface area contributed by atoms with Crippen LogP contribution in [0.5, 0.6) is 0 Å². The minimum Gasteiger partial charge on any atom is -1.00 e. The van der Waals surface area contributed by atoms with Crippen LogP contribution in [0.3, 0.4) is 0 Å². The van der Waals surface area contributed by atoms with E-state index in [9.17, 15) is 0 Å². The first kappa shape index (κ1) is 23.1. The first-order valence-electron chi connectivity index (χ1n) is 6.35. The molecule has 2 unspecified atom stereocenters. The Morgan fingerprint density at radius 3 is 1.47 bits per heavy atom. The number of hydrogen-bond donors (Lipinski definition) is 2. The van der Waals surface area contributed by atoms with Crippen LogP contribution in [0.25, 0.3) is 0 Å². The van der Waals surface area contributed by atoms with Gasteiger partial charge in [0, 0.05) is 12.1 Å². The molecule has 2 nitrogen and oxygen atoms in total. The van der Waals surface area contributed by atoms with Crippen LogP contribution in [0, 0.1) is 0 Å². The van der Waals surface area contributed by atoms with Gasteiger partial charge in [-0.25, -0.2) is 0 Å². The molecule has 0 saturated heterocycles. The minimum absolute atomic E-state index is 0. The average Bonchev–Trinajstić information content (AvgIpc) is 2.24. The van der Waals surface area contributed by atoms with E-state index in [0.29, 0.717) is 0 Å². The molecule has 17 heavy (non-hydrogen) atoms. The van der Waals surface area contributed by atoms with Crippen LogP contribution in [-0.2, 0) is 17.1 Å². The molecule has 1 aliphatic carbocycles. The molecule has 109 valence electrons. The molecule has 2 N–H and O–H groups in total. The Morgan fingerprint density at radius 2 is 1.18 bits per heavy atom. The molecular weight excluding hydrogens is 307 g/mol. The number of hydrogen-bond acceptors (Lipinski definition) is 2. The fraction of sp³-hybridized carbons (Fsp3) is 1.00. The number of halogens is 2. The van der Waals surface area contributed by atoms with E-state index in [4.69, 9.17) is 0 Å². The summed E-state index contributed by atoms with van der Waals surface area (Å²) >= 11 is 0. The molecule has 0 heterocycles. The zero-order valence-electron chi connectivity index (χ0n) is 10.9. The zero-order chi connectivity index (χ0) is 10.2. The second kappa shape index (κ2) is 15.1. The molecule has 1 rings (SSSR count). The largest absolute Gasteiger partial charge is 2.00 e. The van der Waals surface area contributed by atoms with Crippen LogP contribution in [0.1, 0.15) is 52.4 Å². The summed E-state index contributed by atoms with van der Waals surface area (Å²) < 4.78 is 0. The Kier molecular flexibility index (Phi) is 20.5.